The maximum atomic E-state index is 5.59. The zero-order valence-corrected chi connectivity index (χ0v) is 10.4. The minimum atomic E-state index is 0.555. The van der Waals surface area contributed by atoms with E-state index >= 15 is 0 Å². The molecule has 19 heavy (non-hydrogen) atoms. The van der Waals surface area contributed by atoms with Crippen molar-refractivity contribution in [3.8, 4) is 22.6 Å². The lowest BCUT2D eigenvalue weighted by Gasteiger charge is -1.99. The largest absolute Gasteiger partial charge is 0.338 e. The van der Waals surface area contributed by atoms with Crippen LogP contribution in [0, 0.1) is 0 Å². The number of pyridine rings is 1. The maximum absolute atomic E-state index is 5.59. The molecule has 0 bridgehead atoms. The molecule has 0 saturated carbocycles. The molecular formula is C15H14N4. The second-order valence-electron chi connectivity index (χ2n) is 4.29. The van der Waals surface area contributed by atoms with Crippen LogP contribution in [0.4, 0.5) is 0 Å². The molecule has 3 rings (SSSR count). The number of H-pyrrole nitrogens is 1. The molecule has 3 N–H and O–H groups in total. The van der Waals surface area contributed by atoms with E-state index in [2.05, 4.69) is 15.0 Å². The first-order valence-electron chi connectivity index (χ1n) is 6.11. The van der Waals surface area contributed by atoms with E-state index in [1.807, 2.05) is 48.8 Å². The summed E-state index contributed by atoms with van der Waals surface area (Å²) in [6, 6.07) is 12.0. The van der Waals surface area contributed by atoms with E-state index in [0.29, 0.717) is 6.54 Å². The topological polar surface area (TPSA) is 67.6 Å². The Morgan fingerprint density at radius 3 is 2.53 bits per heavy atom. The predicted octanol–water partition coefficient (Wildman–Crippen LogP) is 2.60. The van der Waals surface area contributed by atoms with Gasteiger partial charge in [-0.15, -0.1) is 0 Å². The van der Waals surface area contributed by atoms with Crippen molar-refractivity contribution in [3.63, 3.8) is 0 Å². The molecule has 0 amide bonds. The Balaban J connectivity index is 1.92. The van der Waals surface area contributed by atoms with Crippen molar-refractivity contribution in [1.82, 2.24) is 15.0 Å². The third kappa shape index (κ3) is 2.39. The standard InChI is InChI=1S/C15H14N4/c16-8-11-3-5-12(6-4-11)15-18-10-14(19-15)13-2-1-7-17-9-13/h1-7,9-10H,8,16H2,(H,18,19). The number of rotatable bonds is 3. The number of nitrogens with one attached hydrogen (secondary N) is 1. The predicted molar refractivity (Wildman–Crippen MR) is 75.1 cm³/mol. The van der Waals surface area contributed by atoms with Gasteiger partial charge in [0.2, 0.25) is 0 Å². The molecule has 1 aromatic carbocycles. The van der Waals surface area contributed by atoms with Crippen molar-refractivity contribution in [2.45, 2.75) is 6.54 Å². The zero-order valence-electron chi connectivity index (χ0n) is 10.4. The van der Waals surface area contributed by atoms with Gasteiger partial charge in [-0.2, -0.15) is 0 Å². The van der Waals surface area contributed by atoms with E-state index in [0.717, 1.165) is 28.2 Å². The smallest absolute Gasteiger partial charge is 0.137 e. The zero-order chi connectivity index (χ0) is 13.1. The first kappa shape index (κ1) is 11.6. The summed E-state index contributed by atoms with van der Waals surface area (Å²) in [5.41, 5.74) is 9.74. The summed E-state index contributed by atoms with van der Waals surface area (Å²) < 4.78 is 0. The number of benzene rings is 1. The average molecular weight is 250 g/mol. The van der Waals surface area contributed by atoms with Crippen LogP contribution < -0.4 is 5.73 Å². The number of aromatic amines is 1. The molecule has 0 aliphatic carbocycles. The van der Waals surface area contributed by atoms with Crippen LogP contribution in [-0.4, -0.2) is 15.0 Å². The molecule has 0 unspecified atom stereocenters. The SMILES string of the molecule is NCc1ccc(-c2ncc(-c3cccnc3)[nH]2)cc1. The second kappa shape index (κ2) is 5.04. The third-order valence-electron chi connectivity index (χ3n) is 3.01. The van der Waals surface area contributed by atoms with Crippen LogP contribution in [-0.2, 0) is 6.54 Å². The van der Waals surface area contributed by atoms with E-state index in [1.54, 1.807) is 6.20 Å². The molecule has 0 radical (unpaired) electrons. The fraction of sp³-hybridized carbons (Fsp3) is 0.0667. The molecule has 4 nitrogen and oxygen atoms in total. The van der Waals surface area contributed by atoms with Crippen LogP contribution in [0.25, 0.3) is 22.6 Å². The van der Waals surface area contributed by atoms with Gasteiger partial charge in [-0.05, 0) is 17.7 Å². The van der Waals surface area contributed by atoms with E-state index in [1.165, 1.54) is 0 Å². The molecule has 0 atom stereocenters. The molecular weight excluding hydrogens is 236 g/mol. The molecule has 0 saturated heterocycles. The molecule has 4 heteroatoms. The quantitative estimate of drug-likeness (QED) is 0.750. The van der Waals surface area contributed by atoms with Gasteiger partial charge in [0.1, 0.15) is 5.82 Å². The summed E-state index contributed by atoms with van der Waals surface area (Å²) in [5.74, 6) is 0.849. The van der Waals surface area contributed by atoms with E-state index in [4.69, 9.17) is 5.73 Å². The molecule has 2 aromatic heterocycles. The van der Waals surface area contributed by atoms with Crippen LogP contribution >= 0.6 is 0 Å². The van der Waals surface area contributed by atoms with Gasteiger partial charge in [0, 0.05) is 30.1 Å². The summed E-state index contributed by atoms with van der Waals surface area (Å²) in [5, 5.41) is 0. The Bertz CT molecular complexity index is 656. The highest BCUT2D eigenvalue weighted by atomic mass is 14.9. The fourth-order valence-electron chi connectivity index (χ4n) is 1.94. The summed E-state index contributed by atoms with van der Waals surface area (Å²) >= 11 is 0. The summed E-state index contributed by atoms with van der Waals surface area (Å²) in [6.07, 6.45) is 5.39. The minimum Gasteiger partial charge on any atom is -0.338 e. The van der Waals surface area contributed by atoms with Gasteiger partial charge >= 0.3 is 0 Å². The number of aromatic nitrogens is 3. The van der Waals surface area contributed by atoms with Gasteiger partial charge in [-0.3, -0.25) is 4.98 Å². The van der Waals surface area contributed by atoms with Gasteiger partial charge in [0.05, 0.1) is 11.9 Å². The number of nitrogens with two attached hydrogens (primary N) is 1. The van der Waals surface area contributed by atoms with Crippen molar-refractivity contribution in [2.24, 2.45) is 5.73 Å². The molecule has 2 heterocycles. The first-order chi connectivity index (χ1) is 9.36. The van der Waals surface area contributed by atoms with Gasteiger partial charge in [-0.1, -0.05) is 24.3 Å². The lowest BCUT2D eigenvalue weighted by Crippen LogP contribution is -1.95. The molecule has 0 spiro atoms. The lowest BCUT2D eigenvalue weighted by atomic mass is 10.1. The molecule has 0 aliphatic heterocycles. The van der Waals surface area contributed by atoms with Crippen molar-refractivity contribution >= 4 is 0 Å². The highest BCUT2D eigenvalue weighted by molar-refractivity contribution is 5.63. The summed E-state index contributed by atoms with van der Waals surface area (Å²) in [7, 11) is 0. The fourth-order valence-corrected chi connectivity index (χ4v) is 1.94. The normalized spacial score (nSPS) is 10.6. The summed E-state index contributed by atoms with van der Waals surface area (Å²) in [4.78, 5) is 11.8. The van der Waals surface area contributed by atoms with Crippen LogP contribution in [0.5, 0.6) is 0 Å². The average Bonchev–Trinajstić information content (AvgIpc) is 2.98. The lowest BCUT2D eigenvalue weighted by molar-refractivity contribution is 1.07. The van der Waals surface area contributed by atoms with Crippen molar-refractivity contribution < 1.29 is 0 Å². The number of nitrogens with zero attached hydrogens (tertiary/aromatic N) is 2. The van der Waals surface area contributed by atoms with Crippen LogP contribution in [0.1, 0.15) is 5.56 Å². The minimum absolute atomic E-state index is 0.555. The number of imidazole rings is 1. The van der Waals surface area contributed by atoms with Crippen LogP contribution in [0.2, 0.25) is 0 Å². The van der Waals surface area contributed by atoms with Crippen molar-refractivity contribution in [1.29, 1.82) is 0 Å². The van der Waals surface area contributed by atoms with E-state index in [9.17, 15) is 0 Å². The monoisotopic (exact) mass is 250 g/mol. The van der Waals surface area contributed by atoms with Gasteiger partial charge in [-0.25, -0.2) is 4.98 Å². The molecule has 0 aliphatic rings. The summed E-state index contributed by atoms with van der Waals surface area (Å²) in [6.45, 7) is 0.555. The Morgan fingerprint density at radius 2 is 1.84 bits per heavy atom. The van der Waals surface area contributed by atoms with Crippen LogP contribution in [0.15, 0.2) is 55.0 Å². The Kier molecular flexibility index (Phi) is 3.08. The number of hydrogen-bond acceptors (Lipinski definition) is 3. The Labute approximate surface area is 111 Å². The van der Waals surface area contributed by atoms with E-state index < -0.39 is 0 Å². The van der Waals surface area contributed by atoms with Gasteiger partial charge in [0.15, 0.2) is 0 Å². The van der Waals surface area contributed by atoms with Crippen molar-refractivity contribution in [2.75, 3.05) is 0 Å². The Morgan fingerprint density at radius 1 is 1.00 bits per heavy atom. The van der Waals surface area contributed by atoms with Gasteiger partial charge in [0.25, 0.3) is 0 Å². The highest BCUT2D eigenvalue weighted by Gasteiger charge is 2.05. The molecule has 3 aromatic rings. The highest BCUT2D eigenvalue weighted by Crippen LogP contribution is 2.21. The maximum Gasteiger partial charge on any atom is 0.137 e. The number of hydrogen-bond donors (Lipinski definition) is 2. The Hall–Kier alpha value is -2.46. The van der Waals surface area contributed by atoms with Gasteiger partial charge < -0.3 is 10.7 Å². The van der Waals surface area contributed by atoms with E-state index in [-0.39, 0.29) is 0 Å². The third-order valence-corrected chi connectivity index (χ3v) is 3.01. The first-order valence-corrected chi connectivity index (χ1v) is 6.11. The van der Waals surface area contributed by atoms with Crippen LogP contribution in [0.3, 0.4) is 0 Å². The molecule has 0 fully saturated rings. The van der Waals surface area contributed by atoms with Crippen molar-refractivity contribution in [3.05, 3.63) is 60.6 Å². The second-order valence-corrected chi connectivity index (χ2v) is 4.29. The molecule has 94 valence electrons.